The normalized spacial score (nSPS) is 17.8. The van der Waals surface area contributed by atoms with Gasteiger partial charge < -0.3 is 10.0 Å². The monoisotopic (exact) mass is 400 g/mol. The zero-order valence-corrected chi connectivity index (χ0v) is 15.1. The highest BCUT2D eigenvalue weighted by molar-refractivity contribution is 9.10. The van der Waals surface area contributed by atoms with E-state index in [0.717, 1.165) is 28.8 Å². The number of rotatable bonds is 2. The van der Waals surface area contributed by atoms with Gasteiger partial charge in [0.25, 0.3) is 5.91 Å². The van der Waals surface area contributed by atoms with Gasteiger partial charge in [0.15, 0.2) is 5.65 Å². The van der Waals surface area contributed by atoms with E-state index >= 15 is 0 Å². The molecule has 25 heavy (non-hydrogen) atoms. The number of aromatic nitrogens is 3. The Hall–Kier alpha value is -2.41. The van der Waals surface area contributed by atoms with E-state index in [-0.39, 0.29) is 17.6 Å². The smallest absolute Gasteiger partial charge is 0.257 e. The molecule has 1 saturated heterocycles. The van der Waals surface area contributed by atoms with Crippen molar-refractivity contribution in [1.82, 2.24) is 19.5 Å². The molecule has 0 bridgehead atoms. The first kappa shape index (κ1) is 16.1. The third-order valence-corrected chi connectivity index (χ3v) is 5.10. The fourth-order valence-electron chi connectivity index (χ4n) is 3.36. The summed E-state index contributed by atoms with van der Waals surface area (Å²) in [6.07, 6.45) is 3.81. The van der Waals surface area contributed by atoms with Gasteiger partial charge >= 0.3 is 0 Å². The standard InChI is InChI=1S/C18H17BrN4O2/c19-13-6-7-15(24)14(10-13)18(25)22-8-3-4-12(11-22)17-21-20-16-5-1-2-9-23(16)17/h1-2,5-7,9-10,12,24H,3-4,8,11H2. The zero-order valence-electron chi connectivity index (χ0n) is 13.5. The van der Waals surface area contributed by atoms with E-state index in [4.69, 9.17) is 0 Å². The van der Waals surface area contributed by atoms with Crippen molar-refractivity contribution in [2.75, 3.05) is 13.1 Å². The molecule has 0 spiro atoms. The van der Waals surface area contributed by atoms with Gasteiger partial charge in [0.1, 0.15) is 11.6 Å². The summed E-state index contributed by atoms with van der Waals surface area (Å²) in [6, 6.07) is 10.7. The SMILES string of the molecule is O=C(c1cc(Br)ccc1O)N1CCCC(c2nnc3ccccn23)C1. The van der Waals surface area contributed by atoms with Gasteiger partial charge in [0.2, 0.25) is 0 Å². The lowest BCUT2D eigenvalue weighted by molar-refractivity contribution is 0.0701. The molecule has 1 atom stereocenters. The predicted molar refractivity (Wildman–Crippen MR) is 96.7 cm³/mol. The molecule has 1 aliphatic rings. The molecule has 3 aromatic rings. The fourth-order valence-corrected chi connectivity index (χ4v) is 3.72. The lowest BCUT2D eigenvalue weighted by atomic mass is 9.96. The number of hydrogen-bond donors (Lipinski definition) is 1. The molecular weight excluding hydrogens is 384 g/mol. The Labute approximate surface area is 153 Å². The van der Waals surface area contributed by atoms with Crippen LogP contribution in [0.4, 0.5) is 0 Å². The third kappa shape index (κ3) is 3.00. The number of piperidine rings is 1. The second kappa shape index (κ2) is 6.48. The van der Waals surface area contributed by atoms with Gasteiger partial charge in [-0.25, -0.2) is 0 Å². The average molecular weight is 401 g/mol. The Bertz CT molecular complexity index is 940. The number of halogens is 1. The van der Waals surface area contributed by atoms with Crippen LogP contribution in [0.1, 0.15) is 34.9 Å². The molecule has 3 heterocycles. The Morgan fingerprint density at radius 2 is 2.12 bits per heavy atom. The molecule has 0 radical (unpaired) electrons. The molecule has 1 amide bonds. The minimum atomic E-state index is -0.155. The van der Waals surface area contributed by atoms with Gasteiger partial charge in [-0.1, -0.05) is 22.0 Å². The molecule has 1 aromatic carbocycles. The predicted octanol–water partition coefficient (Wildman–Crippen LogP) is 3.22. The number of phenolic OH excluding ortho intramolecular Hbond substituents is 1. The lowest BCUT2D eigenvalue weighted by Gasteiger charge is -2.32. The van der Waals surface area contributed by atoms with Gasteiger partial charge in [-0.3, -0.25) is 9.20 Å². The Kier molecular flexibility index (Phi) is 4.17. The number of likely N-dealkylation sites (tertiary alicyclic amines) is 1. The van der Waals surface area contributed by atoms with Crippen molar-refractivity contribution < 1.29 is 9.90 Å². The van der Waals surface area contributed by atoms with Crippen LogP contribution in [0.25, 0.3) is 5.65 Å². The summed E-state index contributed by atoms with van der Waals surface area (Å²) in [5, 5.41) is 18.6. The van der Waals surface area contributed by atoms with Crippen molar-refractivity contribution in [2.24, 2.45) is 0 Å². The van der Waals surface area contributed by atoms with Gasteiger partial charge in [-0.05, 0) is 43.2 Å². The van der Waals surface area contributed by atoms with E-state index in [0.29, 0.717) is 18.7 Å². The van der Waals surface area contributed by atoms with E-state index in [9.17, 15) is 9.90 Å². The molecule has 1 aliphatic heterocycles. The van der Waals surface area contributed by atoms with Crippen molar-refractivity contribution in [3.8, 4) is 5.75 Å². The van der Waals surface area contributed by atoms with Crippen LogP contribution in [-0.2, 0) is 0 Å². The largest absolute Gasteiger partial charge is 0.507 e. The Morgan fingerprint density at radius 3 is 3.00 bits per heavy atom. The number of nitrogens with zero attached hydrogens (tertiary/aromatic N) is 4. The maximum absolute atomic E-state index is 12.9. The van der Waals surface area contributed by atoms with Gasteiger partial charge in [0, 0.05) is 29.7 Å². The molecule has 7 heteroatoms. The summed E-state index contributed by atoms with van der Waals surface area (Å²) < 4.78 is 2.75. The van der Waals surface area contributed by atoms with E-state index in [1.54, 1.807) is 17.0 Å². The van der Waals surface area contributed by atoms with Crippen LogP contribution in [0, 0.1) is 0 Å². The fraction of sp³-hybridized carbons (Fsp3) is 0.278. The van der Waals surface area contributed by atoms with Crippen LogP contribution < -0.4 is 0 Å². The molecular formula is C18H17BrN4O2. The highest BCUT2D eigenvalue weighted by Crippen LogP contribution is 2.29. The molecule has 1 fully saturated rings. The van der Waals surface area contributed by atoms with Crippen molar-refractivity contribution in [3.05, 3.63) is 58.5 Å². The zero-order chi connectivity index (χ0) is 17.4. The van der Waals surface area contributed by atoms with Gasteiger partial charge in [-0.2, -0.15) is 0 Å². The number of carbonyl (C=O) groups excluding carboxylic acids is 1. The number of benzene rings is 1. The molecule has 4 rings (SSSR count). The quantitative estimate of drug-likeness (QED) is 0.716. The first-order valence-corrected chi connectivity index (χ1v) is 9.00. The number of hydrogen-bond acceptors (Lipinski definition) is 4. The maximum atomic E-state index is 12.9. The maximum Gasteiger partial charge on any atom is 0.257 e. The van der Waals surface area contributed by atoms with Crippen molar-refractivity contribution in [1.29, 1.82) is 0 Å². The highest BCUT2D eigenvalue weighted by Gasteiger charge is 2.29. The summed E-state index contributed by atoms with van der Waals surface area (Å²) in [7, 11) is 0. The van der Waals surface area contributed by atoms with E-state index < -0.39 is 0 Å². The van der Waals surface area contributed by atoms with Crippen molar-refractivity contribution in [2.45, 2.75) is 18.8 Å². The average Bonchev–Trinajstić information content (AvgIpc) is 3.07. The minimum Gasteiger partial charge on any atom is -0.507 e. The Balaban J connectivity index is 1.61. The van der Waals surface area contributed by atoms with Crippen LogP contribution in [0.5, 0.6) is 5.75 Å². The molecule has 1 N–H and O–H groups in total. The number of phenols is 1. The Morgan fingerprint density at radius 1 is 1.24 bits per heavy atom. The molecule has 6 nitrogen and oxygen atoms in total. The first-order chi connectivity index (χ1) is 12.1. The summed E-state index contributed by atoms with van der Waals surface area (Å²) in [6.45, 7) is 1.25. The van der Waals surface area contributed by atoms with Crippen LogP contribution in [0.2, 0.25) is 0 Å². The summed E-state index contributed by atoms with van der Waals surface area (Å²) in [5.74, 6) is 0.858. The van der Waals surface area contributed by atoms with E-state index in [1.807, 2.05) is 28.8 Å². The topological polar surface area (TPSA) is 70.7 Å². The first-order valence-electron chi connectivity index (χ1n) is 8.21. The second-order valence-corrected chi connectivity index (χ2v) is 7.15. The molecule has 2 aromatic heterocycles. The molecule has 128 valence electrons. The van der Waals surface area contributed by atoms with Crippen LogP contribution >= 0.6 is 15.9 Å². The number of amides is 1. The summed E-state index contributed by atoms with van der Waals surface area (Å²) in [5.41, 5.74) is 1.13. The van der Waals surface area contributed by atoms with Gasteiger partial charge in [-0.15, -0.1) is 10.2 Å². The van der Waals surface area contributed by atoms with E-state index in [2.05, 4.69) is 26.1 Å². The van der Waals surface area contributed by atoms with Crippen molar-refractivity contribution >= 4 is 27.5 Å². The number of aromatic hydroxyl groups is 1. The third-order valence-electron chi connectivity index (χ3n) is 4.60. The van der Waals surface area contributed by atoms with Crippen molar-refractivity contribution in [3.63, 3.8) is 0 Å². The highest BCUT2D eigenvalue weighted by atomic mass is 79.9. The number of fused-ring (bicyclic) bond motifs is 1. The van der Waals surface area contributed by atoms with E-state index in [1.165, 1.54) is 6.07 Å². The molecule has 1 unspecified atom stereocenters. The van der Waals surface area contributed by atoms with Crippen LogP contribution in [0.3, 0.4) is 0 Å². The summed E-state index contributed by atoms with van der Waals surface area (Å²) in [4.78, 5) is 14.6. The number of pyridine rings is 1. The summed E-state index contributed by atoms with van der Waals surface area (Å²) >= 11 is 3.36. The number of carbonyl (C=O) groups is 1. The van der Waals surface area contributed by atoms with Crippen LogP contribution in [-0.4, -0.2) is 43.6 Å². The second-order valence-electron chi connectivity index (χ2n) is 6.24. The molecule has 0 saturated carbocycles. The lowest BCUT2D eigenvalue weighted by Crippen LogP contribution is -2.39. The molecule has 0 aliphatic carbocycles. The van der Waals surface area contributed by atoms with Gasteiger partial charge in [0.05, 0.1) is 5.56 Å². The minimum absolute atomic E-state index is 0.00301. The van der Waals surface area contributed by atoms with Crippen LogP contribution in [0.15, 0.2) is 47.1 Å².